The molecule has 1 saturated carbocycles. The summed E-state index contributed by atoms with van der Waals surface area (Å²) in [7, 11) is 1.44. The largest absolute Gasteiger partial charge is 0.469 e. The number of halogens is 1. The molecule has 2 rings (SSSR count). The number of hydrogen-bond donors (Lipinski definition) is 0. The second-order valence-corrected chi connectivity index (χ2v) is 5.70. The third-order valence-electron chi connectivity index (χ3n) is 3.73. The molecular formula is C15H17ClO2. The van der Waals surface area contributed by atoms with E-state index >= 15 is 0 Å². The zero-order valence-corrected chi connectivity index (χ0v) is 11.6. The highest BCUT2D eigenvalue weighted by Gasteiger charge is 2.61. The fraction of sp³-hybridized carbons (Fsp3) is 0.400. The van der Waals surface area contributed by atoms with Crippen molar-refractivity contribution in [2.75, 3.05) is 7.11 Å². The van der Waals surface area contributed by atoms with Gasteiger partial charge in [-0.05, 0) is 29.0 Å². The van der Waals surface area contributed by atoms with Crippen LogP contribution in [0.5, 0.6) is 0 Å². The highest BCUT2D eigenvalue weighted by molar-refractivity contribution is 6.30. The van der Waals surface area contributed by atoms with Crippen molar-refractivity contribution >= 4 is 23.6 Å². The first-order valence-corrected chi connectivity index (χ1v) is 6.36. The molecule has 2 nitrogen and oxygen atoms in total. The quantitative estimate of drug-likeness (QED) is 0.777. The Bertz CT molecular complexity index is 474. The molecule has 18 heavy (non-hydrogen) atoms. The molecule has 1 aliphatic rings. The highest BCUT2D eigenvalue weighted by Crippen LogP contribution is 2.59. The lowest BCUT2D eigenvalue weighted by molar-refractivity contribution is -0.143. The SMILES string of the molecule is COC(=O)[C@H]1[C@H](/C=C/c2ccc(Cl)cc2)C1(C)C. The summed E-state index contributed by atoms with van der Waals surface area (Å²) in [6.45, 7) is 4.18. The molecule has 2 atom stereocenters. The van der Waals surface area contributed by atoms with E-state index in [1.165, 1.54) is 7.11 Å². The molecule has 1 fully saturated rings. The van der Waals surface area contributed by atoms with Crippen LogP contribution in [-0.2, 0) is 9.53 Å². The molecular weight excluding hydrogens is 248 g/mol. The Morgan fingerprint density at radius 3 is 2.50 bits per heavy atom. The summed E-state index contributed by atoms with van der Waals surface area (Å²) in [5.41, 5.74) is 1.08. The maximum atomic E-state index is 11.6. The molecule has 0 unspecified atom stereocenters. The highest BCUT2D eigenvalue weighted by atomic mass is 35.5. The van der Waals surface area contributed by atoms with E-state index in [1.54, 1.807) is 0 Å². The Hall–Kier alpha value is -1.28. The van der Waals surface area contributed by atoms with E-state index in [2.05, 4.69) is 19.9 Å². The standard InChI is InChI=1S/C15H17ClO2/c1-15(2)12(13(15)14(17)18-3)9-6-10-4-7-11(16)8-5-10/h4-9,12-13H,1-3H3/b9-6+/t12-,13+/m0/s1. The summed E-state index contributed by atoms with van der Waals surface area (Å²) in [6, 6.07) is 7.64. The van der Waals surface area contributed by atoms with Gasteiger partial charge in [-0.2, -0.15) is 0 Å². The number of methoxy groups -OCH3 is 1. The predicted molar refractivity (Wildman–Crippen MR) is 73.3 cm³/mol. The molecule has 1 aliphatic carbocycles. The second-order valence-electron chi connectivity index (χ2n) is 5.26. The number of hydrogen-bond acceptors (Lipinski definition) is 2. The van der Waals surface area contributed by atoms with Crippen LogP contribution in [0, 0.1) is 17.3 Å². The van der Waals surface area contributed by atoms with Gasteiger partial charge in [-0.1, -0.05) is 49.7 Å². The van der Waals surface area contributed by atoms with E-state index in [4.69, 9.17) is 16.3 Å². The van der Waals surface area contributed by atoms with E-state index < -0.39 is 0 Å². The first-order chi connectivity index (χ1) is 8.46. The molecule has 96 valence electrons. The Morgan fingerprint density at radius 2 is 1.94 bits per heavy atom. The molecule has 1 aromatic rings. The monoisotopic (exact) mass is 264 g/mol. The minimum atomic E-state index is -0.120. The minimum absolute atomic E-state index is 0.00395. The van der Waals surface area contributed by atoms with E-state index in [0.29, 0.717) is 0 Å². The number of esters is 1. The summed E-state index contributed by atoms with van der Waals surface area (Å²) >= 11 is 5.83. The van der Waals surface area contributed by atoms with Gasteiger partial charge in [0.25, 0.3) is 0 Å². The lowest BCUT2D eigenvalue weighted by Crippen LogP contribution is -2.07. The van der Waals surface area contributed by atoms with Crippen molar-refractivity contribution in [3.63, 3.8) is 0 Å². The summed E-state index contributed by atoms with van der Waals surface area (Å²) < 4.78 is 4.82. The number of ether oxygens (including phenoxy) is 1. The number of rotatable bonds is 3. The molecule has 0 heterocycles. The molecule has 0 aliphatic heterocycles. The Morgan fingerprint density at radius 1 is 1.33 bits per heavy atom. The van der Waals surface area contributed by atoms with Gasteiger partial charge in [-0.15, -0.1) is 0 Å². The molecule has 0 amide bonds. The average molecular weight is 265 g/mol. The molecule has 0 aromatic heterocycles. The minimum Gasteiger partial charge on any atom is -0.469 e. The first-order valence-electron chi connectivity index (χ1n) is 5.98. The molecule has 3 heteroatoms. The van der Waals surface area contributed by atoms with Gasteiger partial charge < -0.3 is 4.74 Å². The molecule has 1 aromatic carbocycles. The summed E-state index contributed by atoms with van der Waals surface area (Å²) in [6.07, 6.45) is 4.12. The van der Waals surface area contributed by atoms with Gasteiger partial charge in [0.2, 0.25) is 0 Å². The molecule has 0 saturated heterocycles. The topological polar surface area (TPSA) is 26.3 Å². The zero-order valence-electron chi connectivity index (χ0n) is 10.8. The van der Waals surface area contributed by atoms with Crippen molar-refractivity contribution in [2.45, 2.75) is 13.8 Å². The van der Waals surface area contributed by atoms with Crippen LogP contribution in [-0.4, -0.2) is 13.1 Å². The Kier molecular flexibility index (Phi) is 3.49. The maximum Gasteiger partial charge on any atom is 0.309 e. The molecule has 0 radical (unpaired) electrons. The van der Waals surface area contributed by atoms with Gasteiger partial charge in [0.1, 0.15) is 0 Å². The lowest BCUT2D eigenvalue weighted by Gasteiger charge is -1.99. The van der Waals surface area contributed by atoms with Crippen LogP contribution in [0.25, 0.3) is 6.08 Å². The fourth-order valence-corrected chi connectivity index (χ4v) is 2.53. The predicted octanol–water partition coefficient (Wildman–Crippen LogP) is 3.80. The fourth-order valence-electron chi connectivity index (χ4n) is 2.40. The zero-order chi connectivity index (χ0) is 13.3. The summed E-state index contributed by atoms with van der Waals surface area (Å²) in [4.78, 5) is 11.6. The smallest absolute Gasteiger partial charge is 0.309 e. The van der Waals surface area contributed by atoms with Gasteiger partial charge in [0.15, 0.2) is 0 Å². The van der Waals surface area contributed by atoms with Crippen LogP contribution in [0.2, 0.25) is 5.02 Å². The van der Waals surface area contributed by atoms with E-state index in [0.717, 1.165) is 10.6 Å². The van der Waals surface area contributed by atoms with Gasteiger partial charge in [-0.3, -0.25) is 4.79 Å². The van der Waals surface area contributed by atoms with Crippen LogP contribution in [0.1, 0.15) is 19.4 Å². The van der Waals surface area contributed by atoms with Crippen LogP contribution in [0.4, 0.5) is 0 Å². The third-order valence-corrected chi connectivity index (χ3v) is 3.98. The maximum absolute atomic E-state index is 11.6. The summed E-state index contributed by atoms with van der Waals surface area (Å²) in [5, 5.41) is 0.728. The van der Waals surface area contributed by atoms with Crippen molar-refractivity contribution in [1.82, 2.24) is 0 Å². The van der Waals surface area contributed by atoms with Crippen molar-refractivity contribution in [3.8, 4) is 0 Å². The van der Waals surface area contributed by atoms with Gasteiger partial charge >= 0.3 is 5.97 Å². The lowest BCUT2D eigenvalue weighted by atomic mass is 10.1. The van der Waals surface area contributed by atoms with Crippen molar-refractivity contribution < 1.29 is 9.53 Å². The Labute approximate surface area is 113 Å². The van der Waals surface area contributed by atoms with Crippen molar-refractivity contribution in [3.05, 3.63) is 40.9 Å². The van der Waals surface area contributed by atoms with Crippen LogP contribution in [0.15, 0.2) is 30.3 Å². The molecule has 0 N–H and O–H groups in total. The number of benzene rings is 1. The van der Waals surface area contributed by atoms with Crippen LogP contribution in [0.3, 0.4) is 0 Å². The molecule has 0 spiro atoms. The summed E-state index contributed by atoms with van der Waals surface area (Å²) in [5.74, 6) is 0.109. The van der Waals surface area contributed by atoms with Gasteiger partial charge in [0.05, 0.1) is 13.0 Å². The van der Waals surface area contributed by atoms with Crippen molar-refractivity contribution in [1.29, 1.82) is 0 Å². The number of allylic oxidation sites excluding steroid dienone is 1. The van der Waals surface area contributed by atoms with Gasteiger partial charge in [0, 0.05) is 5.02 Å². The van der Waals surface area contributed by atoms with E-state index in [-0.39, 0.29) is 23.2 Å². The number of carbonyl (C=O) groups is 1. The molecule has 0 bridgehead atoms. The van der Waals surface area contributed by atoms with Crippen LogP contribution < -0.4 is 0 Å². The van der Waals surface area contributed by atoms with E-state index in [9.17, 15) is 4.79 Å². The average Bonchev–Trinajstić information content (AvgIpc) is 2.89. The Balaban J connectivity index is 2.07. The third kappa shape index (κ3) is 2.44. The van der Waals surface area contributed by atoms with Gasteiger partial charge in [-0.25, -0.2) is 0 Å². The first kappa shape index (κ1) is 13.2. The second kappa shape index (κ2) is 4.77. The van der Waals surface area contributed by atoms with E-state index in [1.807, 2.05) is 30.3 Å². The van der Waals surface area contributed by atoms with Crippen LogP contribution >= 0.6 is 11.6 Å². The number of carbonyl (C=O) groups excluding carboxylic acids is 1. The van der Waals surface area contributed by atoms with Crippen molar-refractivity contribution in [2.24, 2.45) is 17.3 Å². The normalized spacial score (nSPS) is 25.1.